The summed E-state index contributed by atoms with van der Waals surface area (Å²) in [5.41, 5.74) is 0.699. The van der Waals surface area contributed by atoms with Crippen LogP contribution in [0.2, 0.25) is 5.02 Å². The number of aliphatic hydroxyl groups excluding tert-OH is 1. The van der Waals surface area contributed by atoms with Crippen molar-refractivity contribution < 1.29 is 9.90 Å². The number of hydrogen-bond donors (Lipinski definition) is 2. The highest BCUT2D eigenvalue weighted by molar-refractivity contribution is 6.30. The number of nitrogens with zero attached hydrogens (tertiary/aromatic N) is 1. The molecule has 0 aliphatic heterocycles. The number of carbonyl (C=O) groups is 1. The van der Waals surface area contributed by atoms with Crippen molar-refractivity contribution in [3.8, 4) is 0 Å². The Morgan fingerprint density at radius 2 is 2.05 bits per heavy atom. The van der Waals surface area contributed by atoms with Crippen molar-refractivity contribution in [1.82, 2.24) is 10.2 Å². The van der Waals surface area contributed by atoms with Gasteiger partial charge in [0.2, 0.25) is 5.91 Å². The lowest BCUT2D eigenvalue weighted by Gasteiger charge is -2.15. The molecule has 0 spiro atoms. The molecule has 0 aliphatic rings. The van der Waals surface area contributed by atoms with Crippen LogP contribution in [0.15, 0.2) is 24.3 Å². The van der Waals surface area contributed by atoms with Gasteiger partial charge in [-0.25, -0.2) is 0 Å². The van der Waals surface area contributed by atoms with E-state index in [1.165, 1.54) is 0 Å². The molecule has 1 aromatic carbocycles. The summed E-state index contributed by atoms with van der Waals surface area (Å²) in [5, 5.41) is 13.3. The van der Waals surface area contributed by atoms with Crippen LogP contribution in [-0.2, 0) is 4.79 Å². The fraction of sp³-hybridized carbons (Fsp3) is 0.500. The molecule has 0 bridgehead atoms. The second-order valence-electron chi connectivity index (χ2n) is 4.52. The predicted molar refractivity (Wildman–Crippen MR) is 77.2 cm³/mol. The van der Waals surface area contributed by atoms with Gasteiger partial charge in [0.15, 0.2) is 0 Å². The largest absolute Gasteiger partial charge is 0.388 e. The van der Waals surface area contributed by atoms with Gasteiger partial charge in [-0.1, -0.05) is 30.7 Å². The lowest BCUT2D eigenvalue weighted by molar-refractivity contribution is -0.123. The number of halogens is 1. The number of likely N-dealkylation sites (N-methyl/N-ethyl adjacent to an activating group) is 1. The van der Waals surface area contributed by atoms with Crippen LogP contribution in [0.5, 0.6) is 0 Å². The predicted octanol–water partition coefficient (Wildman–Crippen LogP) is 1.83. The van der Waals surface area contributed by atoms with Gasteiger partial charge in [-0.05, 0) is 31.3 Å². The molecule has 0 saturated heterocycles. The normalized spacial score (nSPS) is 12.5. The van der Waals surface area contributed by atoms with E-state index in [0.29, 0.717) is 17.1 Å². The monoisotopic (exact) mass is 284 g/mol. The van der Waals surface area contributed by atoms with E-state index in [-0.39, 0.29) is 12.3 Å². The zero-order valence-corrected chi connectivity index (χ0v) is 12.2. The molecule has 0 aliphatic carbocycles. The highest BCUT2D eigenvalue weighted by Gasteiger charge is 2.12. The molecule has 1 rings (SSSR count). The lowest BCUT2D eigenvalue weighted by atomic mass is 10.1. The van der Waals surface area contributed by atoms with Crippen molar-refractivity contribution in [1.29, 1.82) is 0 Å². The van der Waals surface area contributed by atoms with Gasteiger partial charge in [-0.2, -0.15) is 0 Å². The summed E-state index contributed by atoms with van der Waals surface area (Å²) >= 11 is 5.77. The number of benzene rings is 1. The van der Waals surface area contributed by atoms with Crippen molar-refractivity contribution >= 4 is 17.5 Å². The Morgan fingerprint density at radius 1 is 1.42 bits per heavy atom. The van der Waals surface area contributed by atoms with E-state index in [1.807, 2.05) is 7.05 Å². The fourth-order valence-electron chi connectivity index (χ4n) is 1.59. The second kappa shape index (κ2) is 8.15. The van der Waals surface area contributed by atoms with Gasteiger partial charge in [-0.3, -0.25) is 4.79 Å². The van der Waals surface area contributed by atoms with Crippen LogP contribution in [0.25, 0.3) is 0 Å². The molecule has 0 radical (unpaired) electrons. The second-order valence-corrected chi connectivity index (χ2v) is 4.95. The van der Waals surface area contributed by atoms with Crippen LogP contribution in [0, 0.1) is 0 Å². The molecule has 1 atom stereocenters. The molecule has 2 N–H and O–H groups in total. The summed E-state index contributed by atoms with van der Waals surface area (Å²) in [4.78, 5) is 13.8. The standard InChI is InChI=1S/C14H21ClN2O2/c1-3-17(2)9-8-16-14(19)10-13(18)11-4-6-12(15)7-5-11/h4-7,13,18H,3,8-10H2,1-2H3,(H,16,19). The maximum Gasteiger partial charge on any atom is 0.223 e. The van der Waals surface area contributed by atoms with Gasteiger partial charge < -0.3 is 15.3 Å². The Kier molecular flexibility index (Phi) is 6.84. The van der Waals surface area contributed by atoms with E-state index in [4.69, 9.17) is 11.6 Å². The minimum Gasteiger partial charge on any atom is -0.388 e. The molecule has 1 unspecified atom stereocenters. The Labute approximate surface area is 119 Å². The van der Waals surface area contributed by atoms with Crippen LogP contribution < -0.4 is 5.32 Å². The Morgan fingerprint density at radius 3 is 2.63 bits per heavy atom. The number of aliphatic hydroxyl groups is 1. The summed E-state index contributed by atoms with van der Waals surface area (Å²) in [5.74, 6) is -0.146. The average Bonchev–Trinajstić information content (AvgIpc) is 2.39. The molecule has 106 valence electrons. The van der Waals surface area contributed by atoms with E-state index in [9.17, 15) is 9.90 Å². The molecule has 5 heteroatoms. The van der Waals surface area contributed by atoms with Crippen molar-refractivity contribution in [3.05, 3.63) is 34.9 Å². The summed E-state index contributed by atoms with van der Waals surface area (Å²) < 4.78 is 0. The van der Waals surface area contributed by atoms with E-state index >= 15 is 0 Å². The first kappa shape index (κ1) is 16.0. The van der Waals surface area contributed by atoms with E-state index in [1.54, 1.807) is 24.3 Å². The third-order valence-electron chi connectivity index (χ3n) is 2.99. The first-order valence-electron chi connectivity index (χ1n) is 6.41. The van der Waals surface area contributed by atoms with Crippen molar-refractivity contribution in [2.75, 3.05) is 26.7 Å². The molecule has 1 aromatic rings. The lowest BCUT2D eigenvalue weighted by Crippen LogP contribution is -2.33. The topological polar surface area (TPSA) is 52.6 Å². The summed E-state index contributed by atoms with van der Waals surface area (Å²) in [6, 6.07) is 6.86. The highest BCUT2D eigenvalue weighted by atomic mass is 35.5. The SMILES string of the molecule is CCN(C)CCNC(=O)CC(O)c1ccc(Cl)cc1. The first-order valence-corrected chi connectivity index (χ1v) is 6.79. The van der Waals surface area contributed by atoms with Gasteiger partial charge >= 0.3 is 0 Å². The average molecular weight is 285 g/mol. The number of hydrogen-bond acceptors (Lipinski definition) is 3. The fourth-order valence-corrected chi connectivity index (χ4v) is 1.72. The summed E-state index contributed by atoms with van der Waals surface area (Å²) in [6.45, 7) is 4.41. The van der Waals surface area contributed by atoms with Crippen molar-refractivity contribution in [2.45, 2.75) is 19.4 Å². The van der Waals surface area contributed by atoms with Crippen LogP contribution in [0.1, 0.15) is 25.0 Å². The van der Waals surface area contributed by atoms with Gasteiger partial charge in [0.1, 0.15) is 0 Å². The molecule has 1 amide bonds. The maximum absolute atomic E-state index is 11.6. The Hall–Kier alpha value is -1.10. The number of nitrogens with one attached hydrogen (secondary N) is 1. The molecular weight excluding hydrogens is 264 g/mol. The van der Waals surface area contributed by atoms with Crippen LogP contribution in [0.4, 0.5) is 0 Å². The molecule has 4 nitrogen and oxygen atoms in total. The number of carbonyl (C=O) groups excluding carboxylic acids is 1. The maximum atomic E-state index is 11.6. The molecule has 0 heterocycles. The Bertz CT molecular complexity index is 395. The van der Waals surface area contributed by atoms with E-state index in [0.717, 1.165) is 13.1 Å². The molecule has 0 saturated carbocycles. The molecular formula is C14H21ClN2O2. The minimum absolute atomic E-state index is 0.0669. The zero-order chi connectivity index (χ0) is 14.3. The number of rotatable bonds is 7. The number of amides is 1. The third-order valence-corrected chi connectivity index (χ3v) is 3.24. The van der Waals surface area contributed by atoms with Gasteiger partial charge in [-0.15, -0.1) is 0 Å². The van der Waals surface area contributed by atoms with E-state index in [2.05, 4.69) is 17.1 Å². The quantitative estimate of drug-likeness (QED) is 0.803. The van der Waals surface area contributed by atoms with Crippen LogP contribution in [0.3, 0.4) is 0 Å². The third kappa shape index (κ3) is 6.05. The van der Waals surface area contributed by atoms with Gasteiger partial charge in [0.25, 0.3) is 0 Å². The highest BCUT2D eigenvalue weighted by Crippen LogP contribution is 2.18. The van der Waals surface area contributed by atoms with Gasteiger partial charge in [0.05, 0.1) is 12.5 Å². The van der Waals surface area contributed by atoms with Crippen molar-refractivity contribution in [3.63, 3.8) is 0 Å². The first-order chi connectivity index (χ1) is 9.02. The van der Waals surface area contributed by atoms with Crippen LogP contribution >= 0.6 is 11.6 Å². The molecule has 0 aromatic heterocycles. The molecule has 19 heavy (non-hydrogen) atoms. The summed E-state index contributed by atoms with van der Waals surface area (Å²) in [6.07, 6.45) is -0.724. The minimum atomic E-state index is -0.791. The van der Waals surface area contributed by atoms with Gasteiger partial charge in [0, 0.05) is 18.1 Å². The van der Waals surface area contributed by atoms with Crippen LogP contribution in [-0.4, -0.2) is 42.6 Å². The molecule has 0 fully saturated rings. The van der Waals surface area contributed by atoms with Crippen molar-refractivity contribution in [2.24, 2.45) is 0 Å². The zero-order valence-electron chi connectivity index (χ0n) is 11.4. The smallest absolute Gasteiger partial charge is 0.223 e. The van der Waals surface area contributed by atoms with E-state index < -0.39 is 6.10 Å². The Balaban J connectivity index is 2.33. The summed E-state index contributed by atoms with van der Waals surface area (Å²) in [7, 11) is 1.99.